The number of aryl methyl sites for hydroxylation is 2. The lowest BCUT2D eigenvalue weighted by Gasteiger charge is -2.29. The van der Waals surface area contributed by atoms with Crippen LogP contribution in [0.3, 0.4) is 0 Å². The lowest BCUT2D eigenvalue weighted by Crippen LogP contribution is -2.42. The van der Waals surface area contributed by atoms with Gasteiger partial charge < -0.3 is 15.0 Å². The number of hydrogen-bond donors (Lipinski definition) is 1. The Balaban J connectivity index is 1.60. The minimum atomic E-state index is -0.222. The Morgan fingerprint density at radius 1 is 1.08 bits per heavy atom. The molecule has 0 radical (unpaired) electrons. The highest BCUT2D eigenvalue weighted by atomic mass is 16.5. The molecule has 0 unspecified atom stereocenters. The van der Waals surface area contributed by atoms with Gasteiger partial charge in [0.1, 0.15) is 5.75 Å². The first kappa shape index (κ1) is 18.0. The summed E-state index contributed by atoms with van der Waals surface area (Å²) in [6.07, 6.45) is 0.816. The molecule has 1 aliphatic heterocycles. The molecule has 0 saturated heterocycles. The van der Waals surface area contributed by atoms with E-state index in [0.717, 1.165) is 28.9 Å². The maximum atomic E-state index is 12.5. The molecule has 0 aromatic heterocycles. The highest BCUT2D eigenvalue weighted by molar-refractivity contribution is 5.96. The van der Waals surface area contributed by atoms with E-state index in [9.17, 15) is 9.59 Å². The van der Waals surface area contributed by atoms with Crippen LogP contribution in [-0.4, -0.2) is 36.9 Å². The molecule has 0 aliphatic carbocycles. The fourth-order valence-corrected chi connectivity index (χ4v) is 3.13. The van der Waals surface area contributed by atoms with Gasteiger partial charge >= 0.3 is 0 Å². The van der Waals surface area contributed by atoms with E-state index >= 15 is 0 Å². The molecule has 1 aliphatic rings. The number of carbonyl (C=O) groups is 2. The summed E-state index contributed by atoms with van der Waals surface area (Å²) in [6, 6.07) is 11.5. The summed E-state index contributed by atoms with van der Waals surface area (Å²) < 4.78 is 5.26. The Kier molecular flexibility index (Phi) is 5.26. The van der Waals surface area contributed by atoms with E-state index in [2.05, 4.69) is 11.4 Å². The van der Waals surface area contributed by atoms with Crippen LogP contribution in [0.15, 0.2) is 36.4 Å². The Morgan fingerprint density at radius 3 is 2.62 bits per heavy atom. The molecule has 0 fully saturated rings. The molecule has 0 spiro atoms. The van der Waals surface area contributed by atoms with E-state index in [-0.39, 0.29) is 18.4 Å². The second-order valence-corrected chi connectivity index (χ2v) is 6.68. The largest absolute Gasteiger partial charge is 0.497 e. The highest BCUT2D eigenvalue weighted by Gasteiger charge is 2.21. The number of carbonyl (C=O) groups excluding carboxylic acids is 2. The predicted octanol–water partition coefficient (Wildman–Crippen LogP) is 2.63. The zero-order valence-corrected chi connectivity index (χ0v) is 15.5. The zero-order valence-electron chi connectivity index (χ0n) is 15.5. The topological polar surface area (TPSA) is 58.6 Å². The molecular formula is C21H24N2O3. The van der Waals surface area contributed by atoms with Crippen LogP contribution in [0.5, 0.6) is 5.75 Å². The van der Waals surface area contributed by atoms with Crippen LogP contribution >= 0.6 is 0 Å². The molecule has 2 aromatic carbocycles. The number of hydrogen-bond acceptors (Lipinski definition) is 3. The standard InChI is InChI=1S/C21H24N2O3/c1-14-4-5-17(10-15(14)2)21(25)22-12-20(24)23-9-8-16-6-7-19(26-3)11-18(16)13-23/h4-7,10-11H,8-9,12-13H2,1-3H3,(H,22,25). The minimum Gasteiger partial charge on any atom is -0.497 e. The van der Waals surface area contributed by atoms with E-state index < -0.39 is 0 Å². The first-order valence-electron chi connectivity index (χ1n) is 8.77. The molecule has 5 nitrogen and oxygen atoms in total. The summed E-state index contributed by atoms with van der Waals surface area (Å²) in [5, 5.41) is 2.73. The predicted molar refractivity (Wildman–Crippen MR) is 100 cm³/mol. The lowest BCUT2D eigenvalue weighted by atomic mass is 9.99. The average Bonchev–Trinajstić information content (AvgIpc) is 2.66. The van der Waals surface area contributed by atoms with Crippen molar-refractivity contribution in [2.24, 2.45) is 0 Å². The van der Waals surface area contributed by atoms with Gasteiger partial charge in [0.25, 0.3) is 5.91 Å². The van der Waals surface area contributed by atoms with Crippen LogP contribution < -0.4 is 10.1 Å². The molecule has 1 N–H and O–H groups in total. The minimum absolute atomic E-state index is 0.00502. The maximum Gasteiger partial charge on any atom is 0.251 e. The Morgan fingerprint density at radius 2 is 1.88 bits per heavy atom. The summed E-state index contributed by atoms with van der Waals surface area (Å²) in [5.41, 5.74) is 5.12. The molecule has 0 saturated carbocycles. The van der Waals surface area contributed by atoms with Gasteiger partial charge in [-0.15, -0.1) is 0 Å². The van der Waals surface area contributed by atoms with Crippen molar-refractivity contribution in [3.05, 3.63) is 64.2 Å². The number of ether oxygens (including phenoxy) is 1. The van der Waals surface area contributed by atoms with Gasteiger partial charge in [-0.1, -0.05) is 12.1 Å². The van der Waals surface area contributed by atoms with Gasteiger partial charge in [-0.2, -0.15) is 0 Å². The van der Waals surface area contributed by atoms with Crippen molar-refractivity contribution in [3.63, 3.8) is 0 Å². The number of rotatable bonds is 4. The van der Waals surface area contributed by atoms with Crippen LogP contribution in [0.4, 0.5) is 0 Å². The van der Waals surface area contributed by atoms with Crippen molar-refractivity contribution in [1.29, 1.82) is 0 Å². The monoisotopic (exact) mass is 352 g/mol. The second kappa shape index (κ2) is 7.60. The fourth-order valence-electron chi connectivity index (χ4n) is 3.13. The molecule has 2 aromatic rings. The van der Waals surface area contributed by atoms with E-state index in [1.54, 1.807) is 18.1 Å². The van der Waals surface area contributed by atoms with Crippen molar-refractivity contribution in [2.75, 3.05) is 20.2 Å². The third-order valence-corrected chi connectivity index (χ3v) is 4.95. The van der Waals surface area contributed by atoms with Crippen molar-refractivity contribution >= 4 is 11.8 Å². The Bertz CT molecular complexity index is 845. The molecule has 1 heterocycles. The maximum absolute atomic E-state index is 12.5. The van der Waals surface area contributed by atoms with Crippen molar-refractivity contribution < 1.29 is 14.3 Å². The lowest BCUT2D eigenvalue weighted by molar-refractivity contribution is -0.131. The van der Waals surface area contributed by atoms with Crippen molar-refractivity contribution in [1.82, 2.24) is 10.2 Å². The van der Waals surface area contributed by atoms with E-state index in [1.165, 1.54) is 5.56 Å². The first-order valence-corrected chi connectivity index (χ1v) is 8.77. The van der Waals surface area contributed by atoms with Crippen LogP contribution in [0, 0.1) is 13.8 Å². The molecule has 0 atom stereocenters. The third kappa shape index (κ3) is 3.87. The highest BCUT2D eigenvalue weighted by Crippen LogP contribution is 2.23. The van der Waals surface area contributed by atoms with Crippen LogP contribution in [0.1, 0.15) is 32.6 Å². The molecule has 26 heavy (non-hydrogen) atoms. The average molecular weight is 352 g/mol. The fraction of sp³-hybridized carbons (Fsp3) is 0.333. The molecular weight excluding hydrogens is 328 g/mol. The van der Waals surface area contributed by atoms with E-state index in [0.29, 0.717) is 18.7 Å². The van der Waals surface area contributed by atoms with E-state index in [4.69, 9.17) is 4.74 Å². The quantitative estimate of drug-likeness (QED) is 0.920. The molecule has 2 amide bonds. The van der Waals surface area contributed by atoms with Gasteiger partial charge in [0.05, 0.1) is 13.7 Å². The Hall–Kier alpha value is -2.82. The SMILES string of the molecule is COc1ccc2c(c1)CN(C(=O)CNC(=O)c1ccc(C)c(C)c1)CC2. The van der Waals surface area contributed by atoms with Crippen LogP contribution in [0.25, 0.3) is 0 Å². The summed E-state index contributed by atoms with van der Waals surface area (Å²) in [7, 11) is 1.63. The number of fused-ring (bicyclic) bond motifs is 1. The molecule has 136 valence electrons. The third-order valence-electron chi connectivity index (χ3n) is 4.95. The van der Waals surface area contributed by atoms with Gasteiger partial charge in [-0.05, 0) is 66.8 Å². The molecule has 0 bridgehead atoms. The van der Waals surface area contributed by atoms with Crippen molar-refractivity contribution in [3.8, 4) is 5.75 Å². The van der Waals surface area contributed by atoms with Crippen molar-refractivity contribution in [2.45, 2.75) is 26.8 Å². The molecule has 5 heteroatoms. The summed E-state index contributed by atoms with van der Waals surface area (Å²) in [5.74, 6) is 0.497. The second-order valence-electron chi connectivity index (χ2n) is 6.68. The summed E-state index contributed by atoms with van der Waals surface area (Å²) in [4.78, 5) is 26.6. The zero-order chi connectivity index (χ0) is 18.7. The van der Waals surface area contributed by atoms with Gasteiger partial charge in [-0.25, -0.2) is 0 Å². The number of benzene rings is 2. The Labute approximate surface area is 154 Å². The number of nitrogens with zero attached hydrogens (tertiary/aromatic N) is 1. The van der Waals surface area contributed by atoms with Gasteiger partial charge in [0, 0.05) is 18.7 Å². The first-order chi connectivity index (χ1) is 12.5. The number of methoxy groups -OCH3 is 1. The van der Waals surface area contributed by atoms with Gasteiger partial charge in [0.15, 0.2) is 0 Å². The number of nitrogens with one attached hydrogen (secondary N) is 1. The summed E-state index contributed by atoms with van der Waals surface area (Å²) >= 11 is 0. The smallest absolute Gasteiger partial charge is 0.251 e. The van der Waals surface area contributed by atoms with Crippen LogP contribution in [-0.2, 0) is 17.8 Å². The normalized spacial score (nSPS) is 13.1. The summed E-state index contributed by atoms with van der Waals surface area (Å²) in [6.45, 7) is 5.19. The molecule has 3 rings (SSSR count). The van der Waals surface area contributed by atoms with Gasteiger partial charge in [-0.3, -0.25) is 9.59 Å². The van der Waals surface area contributed by atoms with Crippen LogP contribution in [0.2, 0.25) is 0 Å². The number of amides is 2. The van der Waals surface area contributed by atoms with Gasteiger partial charge in [0.2, 0.25) is 5.91 Å². The van der Waals surface area contributed by atoms with E-state index in [1.807, 2.05) is 38.1 Å².